The summed E-state index contributed by atoms with van der Waals surface area (Å²) in [6.45, 7) is 0. The largest absolute Gasteiger partial charge is 0.526 e. The van der Waals surface area contributed by atoms with Gasteiger partial charge in [0, 0.05) is 12.4 Å². The van der Waals surface area contributed by atoms with Crippen molar-refractivity contribution in [1.82, 2.24) is 9.97 Å². The molecule has 0 aliphatic heterocycles. The number of H-pyrrole nitrogens is 1. The molecule has 58 valence electrons. The Kier molecular flexibility index (Phi) is 6.91. The molecule has 4 nitrogen and oxygen atoms in total. The summed E-state index contributed by atoms with van der Waals surface area (Å²) in [6, 6.07) is 0. The summed E-state index contributed by atoms with van der Waals surface area (Å²) < 4.78 is 0. The second-order valence-electron chi connectivity index (χ2n) is 1.35. The Morgan fingerprint density at radius 3 is 2.20 bits per heavy atom. The van der Waals surface area contributed by atoms with Crippen LogP contribution in [0.4, 0.5) is 0 Å². The fourth-order valence-electron chi connectivity index (χ4n) is 0.419. The SMILES string of the molecule is Cl.Cl.OB(O)c1ncc[nH]1. The molecule has 0 aliphatic rings. The maximum absolute atomic E-state index is 8.37. The van der Waals surface area contributed by atoms with Gasteiger partial charge < -0.3 is 15.0 Å². The van der Waals surface area contributed by atoms with Gasteiger partial charge in [-0.25, -0.2) is 4.98 Å². The number of halogens is 2. The number of nitrogens with zero attached hydrogens (tertiary/aromatic N) is 1. The first-order valence-corrected chi connectivity index (χ1v) is 2.16. The van der Waals surface area contributed by atoms with Crippen LogP contribution in [0.15, 0.2) is 12.4 Å². The van der Waals surface area contributed by atoms with Crippen molar-refractivity contribution in [2.75, 3.05) is 0 Å². The van der Waals surface area contributed by atoms with Crippen LogP contribution in [0.1, 0.15) is 0 Å². The highest BCUT2D eigenvalue weighted by Gasteiger charge is 2.11. The molecule has 1 aromatic heterocycles. The number of hydrogen-bond acceptors (Lipinski definition) is 3. The standard InChI is InChI=1S/C3H5BN2O2.2ClH/c7-4(8)3-5-1-2-6-3;;/h1-2,7-8H,(H,5,6);2*1H. The fraction of sp³-hybridized carbons (Fsp3) is 0. The van der Waals surface area contributed by atoms with Crippen molar-refractivity contribution in [3.8, 4) is 0 Å². The quantitative estimate of drug-likeness (QED) is 0.488. The summed E-state index contributed by atoms with van der Waals surface area (Å²) in [4.78, 5) is 6.09. The molecule has 0 atom stereocenters. The second kappa shape index (κ2) is 5.55. The maximum Gasteiger partial charge on any atom is 0.526 e. The molecule has 0 radical (unpaired) electrons. The van der Waals surface area contributed by atoms with Crippen LogP contribution in [0, 0.1) is 0 Å². The fourth-order valence-corrected chi connectivity index (χ4v) is 0.419. The van der Waals surface area contributed by atoms with E-state index in [1.807, 2.05) is 0 Å². The van der Waals surface area contributed by atoms with E-state index in [1.54, 1.807) is 0 Å². The molecule has 1 rings (SSSR count). The van der Waals surface area contributed by atoms with E-state index in [4.69, 9.17) is 10.0 Å². The Morgan fingerprint density at radius 2 is 2.00 bits per heavy atom. The minimum absolute atomic E-state index is 0. The van der Waals surface area contributed by atoms with Crippen LogP contribution in [0.3, 0.4) is 0 Å². The first kappa shape index (κ1) is 12.5. The molecule has 0 bridgehead atoms. The first-order valence-electron chi connectivity index (χ1n) is 2.16. The van der Waals surface area contributed by atoms with Crippen molar-refractivity contribution >= 4 is 37.7 Å². The normalized spacial score (nSPS) is 7.40. The van der Waals surface area contributed by atoms with Gasteiger partial charge >= 0.3 is 7.12 Å². The van der Waals surface area contributed by atoms with Gasteiger partial charge in [-0.2, -0.15) is 0 Å². The third-order valence-electron chi connectivity index (χ3n) is 0.764. The molecule has 0 saturated carbocycles. The van der Waals surface area contributed by atoms with Gasteiger partial charge in [-0.3, -0.25) is 0 Å². The Morgan fingerprint density at radius 1 is 1.40 bits per heavy atom. The number of hydrogen-bond donors (Lipinski definition) is 3. The molecule has 10 heavy (non-hydrogen) atoms. The van der Waals surface area contributed by atoms with Crippen molar-refractivity contribution in [1.29, 1.82) is 0 Å². The van der Waals surface area contributed by atoms with Gasteiger partial charge in [-0.05, 0) is 0 Å². The zero-order chi connectivity index (χ0) is 5.98. The van der Waals surface area contributed by atoms with Gasteiger partial charge in [0.05, 0.1) is 0 Å². The number of aromatic amines is 1. The second-order valence-corrected chi connectivity index (χ2v) is 1.35. The lowest BCUT2D eigenvalue weighted by atomic mass is 9.91. The summed E-state index contributed by atoms with van der Waals surface area (Å²) >= 11 is 0. The van der Waals surface area contributed by atoms with E-state index >= 15 is 0 Å². The van der Waals surface area contributed by atoms with Gasteiger partial charge in [-0.15, -0.1) is 24.8 Å². The highest BCUT2D eigenvalue weighted by atomic mass is 35.5. The zero-order valence-electron chi connectivity index (χ0n) is 4.89. The summed E-state index contributed by atoms with van der Waals surface area (Å²) in [5.74, 6) is 0. The van der Waals surface area contributed by atoms with E-state index in [9.17, 15) is 0 Å². The molecule has 7 heteroatoms. The molecular weight excluding hydrogens is 178 g/mol. The Bertz CT molecular complexity index is 158. The van der Waals surface area contributed by atoms with Crippen molar-refractivity contribution in [2.45, 2.75) is 0 Å². The van der Waals surface area contributed by atoms with Crippen LogP contribution in [-0.2, 0) is 0 Å². The van der Waals surface area contributed by atoms with Gasteiger partial charge in [0.2, 0.25) is 0 Å². The van der Waals surface area contributed by atoms with Crippen molar-refractivity contribution in [2.24, 2.45) is 0 Å². The predicted octanol–water partition coefficient (Wildman–Crippen LogP) is -1.07. The summed E-state index contributed by atoms with van der Waals surface area (Å²) in [6.07, 6.45) is 2.98. The van der Waals surface area contributed by atoms with Crippen molar-refractivity contribution in [3.63, 3.8) is 0 Å². The van der Waals surface area contributed by atoms with Gasteiger partial charge in [-0.1, -0.05) is 0 Å². The van der Waals surface area contributed by atoms with E-state index in [1.165, 1.54) is 12.4 Å². The van der Waals surface area contributed by atoms with Crippen molar-refractivity contribution in [3.05, 3.63) is 12.4 Å². The number of nitrogens with one attached hydrogen (secondary N) is 1. The molecule has 3 N–H and O–H groups in total. The van der Waals surface area contributed by atoms with E-state index in [-0.39, 0.29) is 30.5 Å². The van der Waals surface area contributed by atoms with E-state index < -0.39 is 7.12 Å². The van der Waals surface area contributed by atoms with E-state index in [0.29, 0.717) is 0 Å². The molecule has 0 aromatic carbocycles. The van der Waals surface area contributed by atoms with E-state index in [0.717, 1.165) is 0 Å². The van der Waals surface area contributed by atoms with Crippen molar-refractivity contribution < 1.29 is 10.0 Å². The number of imidazole rings is 1. The lowest BCUT2D eigenvalue weighted by Gasteiger charge is -1.87. The molecule has 0 saturated heterocycles. The topological polar surface area (TPSA) is 69.1 Å². The van der Waals surface area contributed by atoms with Crippen LogP contribution >= 0.6 is 24.8 Å². The van der Waals surface area contributed by atoms with Crippen LogP contribution < -0.4 is 5.72 Å². The minimum Gasteiger partial charge on any atom is -0.421 e. The molecule has 0 fully saturated rings. The lowest BCUT2D eigenvalue weighted by Crippen LogP contribution is -2.32. The number of rotatable bonds is 1. The van der Waals surface area contributed by atoms with E-state index in [2.05, 4.69) is 9.97 Å². The molecule has 1 heterocycles. The van der Waals surface area contributed by atoms with Gasteiger partial charge in [0.25, 0.3) is 0 Å². The molecular formula is C3H7BCl2N2O2. The molecule has 0 spiro atoms. The van der Waals surface area contributed by atoms with Gasteiger partial charge in [0.1, 0.15) is 5.72 Å². The third-order valence-corrected chi connectivity index (χ3v) is 0.764. The summed E-state index contributed by atoms with van der Waals surface area (Å²) in [7, 11) is -1.48. The highest BCUT2D eigenvalue weighted by molar-refractivity contribution is 6.56. The Hall–Kier alpha value is -0.225. The van der Waals surface area contributed by atoms with Crippen LogP contribution in [0.5, 0.6) is 0 Å². The average molecular weight is 185 g/mol. The average Bonchev–Trinajstić information content (AvgIpc) is 2.12. The predicted molar refractivity (Wildman–Crippen MR) is 42.9 cm³/mol. The molecule has 0 amide bonds. The van der Waals surface area contributed by atoms with Crippen LogP contribution in [0.2, 0.25) is 0 Å². The van der Waals surface area contributed by atoms with Crippen LogP contribution in [0.25, 0.3) is 0 Å². The molecule has 0 aliphatic carbocycles. The Labute approximate surface area is 70.6 Å². The molecule has 0 unspecified atom stereocenters. The van der Waals surface area contributed by atoms with Gasteiger partial charge in [0.15, 0.2) is 0 Å². The number of aromatic nitrogens is 2. The summed E-state index contributed by atoms with van der Waals surface area (Å²) in [5, 5.41) is 16.7. The van der Waals surface area contributed by atoms with Crippen LogP contribution in [-0.4, -0.2) is 27.1 Å². The molecule has 1 aromatic rings. The maximum atomic E-state index is 8.37. The minimum atomic E-state index is -1.48. The zero-order valence-corrected chi connectivity index (χ0v) is 6.52. The summed E-state index contributed by atoms with van der Waals surface area (Å²) in [5.41, 5.74) is 0.171. The lowest BCUT2D eigenvalue weighted by molar-refractivity contribution is 0.423. The smallest absolute Gasteiger partial charge is 0.421 e. The monoisotopic (exact) mass is 184 g/mol. The first-order chi connectivity index (χ1) is 3.80. The highest BCUT2D eigenvalue weighted by Crippen LogP contribution is 1.68. The Balaban J connectivity index is 0. The third kappa shape index (κ3) is 3.07.